The highest BCUT2D eigenvalue weighted by atomic mass is 32.2. The van der Waals surface area contributed by atoms with Crippen molar-refractivity contribution in [1.82, 2.24) is 4.72 Å². The predicted molar refractivity (Wildman–Crippen MR) is 80.0 cm³/mol. The first kappa shape index (κ1) is 15.1. The van der Waals surface area contributed by atoms with Crippen molar-refractivity contribution >= 4 is 15.7 Å². The molecule has 112 valence electrons. The maximum Gasteiger partial charge on any atom is 0.214 e. The molecule has 0 heterocycles. The molecule has 0 saturated heterocycles. The highest BCUT2D eigenvalue weighted by molar-refractivity contribution is 7.89. The molecule has 1 atom stereocenters. The fourth-order valence-corrected chi connectivity index (χ4v) is 3.00. The molecule has 5 nitrogen and oxygen atoms in total. The van der Waals surface area contributed by atoms with Crippen molar-refractivity contribution in [2.75, 3.05) is 24.6 Å². The highest BCUT2D eigenvalue weighted by Gasteiger charge is 2.28. The van der Waals surface area contributed by atoms with Crippen LogP contribution in [0.5, 0.6) is 5.75 Å². The van der Waals surface area contributed by atoms with Crippen LogP contribution in [0.2, 0.25) is 0 Å². The number of nitrogens with one attached hydrogen (secondary N) is 1. The largest absolute Gasteiger partial charge is 0.492 e. The van der Waals surface area contributed by atoms with E-state index in [-0.39, 0.29) is 12.4 Å². The predicted octanol–water partition coefficient (Wildman–Crippen LogP) is 1.61. The first-order chi connectivity index (χ1) is 9.46. The third kappa shape index (κ3) is 5.02. The minimum absolute atomic E-state index is 0.0425. The number of nitrogen functional groups attached to an aromatic ring is 1. The Kier molecular flexibility index (Phi) is 4.88. The molecule has 6 heteroatoms. The molecule has 1 aliphatic rings. The summed E-state index contributed by atoms with van der Waals surface area (Å²) in [6.07, 6.45) is 2.45. The molecule has 1 aliphatic carbocycles. The van der Waals surface area contributed by atoms with Gasteiger partial charge in [0.15, 0.2) is 0 Å². The van der Waals surface area contributed by atoms with Crippen molar-refractivity contribution in [2.45, 2.75) is 19.8 Å². The molecule has 20 heavy (non-hydrogen) atoms. The van der Waals surface area contributed by atoms with Gasteiger partial charge in [0, 0.05) is 18.3 Å². The molecule has 0 aromatic heterocycles. The van der Waals surface area contributed by atoms with Gasteiger partial charge < -0.3 is 10.5 Å². The number of nitrogens with two attached hydrogens (primary N) is 1. The van der Waals surface area contributed by atoms with Gasteiger partial charge in [0.25, 0.3) is 0 Å². The molecule has 0 bridgehead atoms. The lowest BCUT2D eigenvalue weighted by Crippen LogP contribution is -2.32. The number of ether oxygens (including phenoxy) is 1. The monoisotopic (exact) mass is 298 g/mol. The van der Waals surface area contributed by atoms with Crippen molar-refractivity contribution in [3.05, 3.63) is 24.3 Å². The summed E-state index contributed by atoms with van der Waals surface area (Å²) >= 11 is 0. The van der Waals surface area contributed by atoms with Gasteiger partial charge in [-0.25, -0.2) is 13.1 Å². The lowest BCUT2D eigenvalue weighted by atomic mass is 10.1. The van der Waals surface area contributed by atoms with Gasteiger partial charge in [-0.3, -0.25) is 0 Å². The van der Waals surface area contributed by atoms with Crippen molar-refractivity contribution < 1.29 is 13.2 Å². The number of hydrogen-bond donors (Lipinski definition) is 2. The summed E-state index contributed by atoms with van der Waals surface area (Å²) in [5, 5.41) is 0. The number of sulfonamides is 1. The summed E-state index contributed by atoms with van der Waals surface area (Å²) in [7, 11) is -3.27. The third-order valence-corrected chi connectivity index (χ3v) is 4.84. The van der Waals surface area contributed by atoms with Crippen molar-refractivity contribution in [3.8, 4) is 5.75 Å². The van der Waals surface area contributed by atoms with Crippen molar-refractivity contribution in [1.29, 1.82) is 0 Å². The Morgan fingerprint density at radius 2 is 2.20 bits per heavy atom. The van der Waals surface area contributed by atoms with Gasteiger partial charge in [-0.05, 0) is 36.8 Å². The molecule has 0 aliphatic heterocycles. The van der Waals surface area contributed by atoms with Crippen LogP contribution in [-0.4, -0.2) is 27.3 Å². The zero-order valence-electron chi connectivity index (χ0n) is 11.7. The minimum Gasteiger partial charge on any atom is -0.492 e. The molecule has 1 fully saturated rings. The van der Waals surface area contributed by atoms with E-state index in [9.17, 15) is 8.42 Å². The van der Waals surface area contributed by atoms with E-state index in [1.807, 2.05) is 0 Å². The van der Waals surface area contributed by atoms with Crippen LogP contribution in [0.15, 0.2) is 24.3 Å². The topological polar surface area (TPSA) is 81.4 Å². The lowest BCUT2D eigenvalue weighted by Gasteiger charge is -2.12. The fraction of sp³-hybridized carbons (Fsp3) is 0.571. The van der Waals surface area contributed by atoms with Gasteiger partial charge in [0.2, 0.25) is 10.0 Å². The molecule has 2 rings (SSSR count). The number of rotatable bonds is 8. The Morgan fingerprint density at radius 3 is 2.85 bits per heavy atom. The average Bonchev–Trinajstić information content (AvgIpc) is 3.20. The smallest absolute Gasteiger partial charge is 0.214 e. The van der Waals surface area contributed by atoms with Crippen LogP contribution in [0, 0.1) is 11.8 Å². The summed E-state index contributed by atoms with van der Waals surface area (Å²) < 4.78 is 31.7. The quantitative estimate of drug-likeness (QED) is 0.714. The Bertz CT molecular complexity index is 541. The van der Waals surface area contributed by atoms with E-state index in [1.54, 1.807) is 24.3 Å². The Labute approximate surface area is 120 Å². The second-order valence-electron chi connectivity index (χ2n) is 5.40. The third-order valence-electron chi connectivity index (χ3n) is 3.53. The number of hydrogen-bond acceptors (Lipinski definition) is 4. The van der Waals surface area contributed by atoms with Crippen LogP contribution in [-0.2, 0) is 10.0 Å². The molecule has 0 spiro atoms. The molecule has 1 aromatic rings. The fourth-order valence-electron chi connectivity index (χ4n) is 2.04. The summed E-state index contributed by atoms with van der Waals surface area (Å²) in [5.74, 6) is 1.66. The van der Waals surface area contributed by atoms with E-state index >= 15 is 0 Å². The molecule has 0 amide bonds. The van der Waals surface area contributed by atoms with Gasteiger partial charge in [0.1, 0.15) is 12.4 Å². The zero-order chi connectivity index (χ0) is 14.6. The second kappa shape index (κ2) is 6.45. The first-order valence-corrected chi connectivity index (χ1v) is 8.57. The minimum atomic E-state index is -3.27. The van der Waals surface area contributed by atoms with E-state index in [4.69, 9.17) is 10.5 Å². The van der Waals surface area contributed by atoms with Crippen LogP contribution in [0.3, 0.4) is 0 Å². The van der Waals surface area contributed by atoms with Gasteiger partial charge >= 0.3 is 0 Å². The van der Waals surface area contributed by atoms with Crippen molar-refractivity contribution in [2.24, 2.45) is 11.8 Å². The van der Waals surface area contributed by atoms with Crippen LogP contribution >= 0.6 is 0 Å². The van der Waals surface area contributed by atoms with E-state index in [0.29, 0.717) is 29.8 Å². The van der Waals surface area contributed by atoms with Gasteiger partial charge in [-0.2, -0.15) is 0 Å². The number of benzene rings is 1. The normalized spacial score (nSPS) is 16.9. The van der Waals surface area contributed by atoms with Crippen molar-refractivity contribution in [3.63, 3.8) is 0 Å². The summed E-state index contributed by atoms with van der Waals surface area (Å²) in [6, 6.07) is 6.96. The standard InChI is InChI=1S/C14H22N2O3S/c1-11(12-5-6-12)10-16-20(17,18)8-7-19-14-4-2-3-13(15)9-14/h2-4,9,11-12,16H,5-8,10,15H2,1H3. The van der Waals surface area contributed by atoms with Crippen LogP contribution < -0.4 is 15.2 Å². The SMILES string of the molecule is CC(CNS(=O)(=O)CCOc1cccc(N)c1)C1CC1. The van der Waals surface area contributed by atoms with Crippen LogP contribution in [0.25, 0.3) is 0 Å². The summed E-state index contributed by atoms with van der Waals surface area (Å²) in [5.41, 5.74) is 6.22. The summed E-state index contributed by atoms with van der Waals surface area (Å²) in [4.78, 5) is 0. The maximum absolute atomic E-state index is 11.8. The Morgan fingerprint density at radius 1 is 1.45 bits per heavy atom. The molecular formula is C14H22N2O3S. The van der Waals surface area contributed by atoms with E-state index < -0.39 is 10.0 Å². The Balaban J connectivity index is 1.71. The van der Waals surface area contributed by atoms with E-state index in [1.165, 1.54) is 12.8 Å². The van der Waals surface area contributed by atoms with Gasteiger partial charge in [0.05, 0.1) is 5.75 Å². The molecule has 1 saturated carbocycles. The number of anilines is 1. The van der Waals surface area contributed by atoms with Crippen LogP contribution in [0.4, 0.5) is 5.69 Å². The first-order valence-electron chi connectivity index (χ1n) is 6.92. The summed E-state index contributed by atoms with van der Waals surface area (Å²) in [6.45, 7) is 2.73. The van der Waals surface area contributed by atoms with Gasteiger partial charge in [-0.1, -0.05) is 13.0 Å². The molecule has 1 aromatic carbocycles. The van der Waals surface area contributed by atoms with Crippen LogP contribution in [0.1, 0.15) is 19.8 Å². The van der Waals surface area contributed by atoms with Gasteiger partial charge in [-0.15, -0.1) is 0 Å². The molecule has 0 radical (unpaired) electrons. The molecule has 1 unspecified atom stereocenters. The zero-order valence-corrected chi connectivity index (χ0v) is 12.5. The average molecular weight is 298 g/mol. The Hall–Kier alpha value is -1.27. The highest BCUT2D eigenvalue weighted by Crippen LogP contribution is 2.36. The molecule has 3 N–H and O–H groups in total. The molecular weight excluding hydrogens is 276 g/mol. The lowest BCUT2D eigenvalue weighted by molar-refractivity contribution is 0.340. The van der Waals surface area contributed by atoms with E-state index in [2.05, 4.69) is 11.6 Å². The maximum atomic E-state index is 11.8. The van der Waals surface area contributed by atoms with E-state index in [0.717, 1.165) is 0 Å². The second-order valence-corrected chi connectivity index (χ2v) is 7.33.